The lowest BCUT2D eigenvalue weighted by molar-refractivity contribution is 0.344. The van der Waals surface area contributed by atoms with Crippen LogP contribution < -0.4 is 16.4 Å². The van der Waals surface area contributed by atoms with E-state index in [-0.39, 0.29) is 0 Å². The van der Waals surface area contributed by atoms with Crippen molar-refractivity contribution >= 4 is 23.2 Å². The molecule has 0 radical (unpaired) electrons. The largest absolute Gasteiger partial charge is 0.367 e. The standard InChI is InChI=1S/C24H28ClN5/c25-21-16-28-24(29-19-11-9-17(14-26)10-12-19)13-20(21)22-7-4-8-23(30-22)27-15-18-5-2-1-3-6-18/h1-8,13,16-17,19H,9-12,14-15,26H2,(H,27,30)(H,28,29)/t17-,19-. The first-order valence-corrected chi connectivity index (χ1v) is 11.0. The number of pyridine rings is 2. The number of rotatable bonds is 7. The summed E-state index contributed by atoms with van der Waals surface area (Å²) in [5.74, 6) is 2.32. The van der Waals surface area contributed by atoms with Crippen molar-refractivity contribution in [2.75, 3.05) is 17.2 Å². The van der Waals surface area contributed by atoms with Crippen LogP contribution in [0, 0.1) is 5.92 Å². The van der Waals surface area contributed by atoms with E-state index in [0.29, 0.717) is 17.0 Å². The van der Waals surface area contributed by atoms with Crippen molar-refractivity contribution in [1.82, 2.24) is 9.97 Å². The Morgan fingerprint density at radius 3 is 2.53 bits per heavy atom. The second-order valence-electron chi connectivity index (χ2n) is 7.89. The molecule has 2 heterocycles. The molecular weight excluding hydrogens is 394 g/mol. The molecule has 5 nitrogen and oxygen atoms in total. The molecule has 4 rings (SSSR count). The molecule has 4 N–H and O–H groups in total. The van der Waals surface area contributed by atoms with Gasteiger partial charge in [0.25, 0.3) is 0 Å². The van der Waals surface area contributed by atoms with Crippen LogP contribution in [0.15, 0.2) is 60.8 Å². The number of nitrogens with two attached hydrogens (primary N) is 1. The molecule has 1 fully saturated rings. The van der Waals surface area contributed by atoms with Gasteiger partial charge in [0.2, 0.25) is 0 Å². The van der Waals surface area contributed by atoms with E-state index in [1.807, 2.05) is 42.5 Å². The number of aromatic nitrogens is 2. The van der Waals surface area contributed by atoms with Gasteiger partial charge in [0.05, 0.1) is 10.7 Å². The van der Waals surface area contributed by atoms with Crippen molar-refractivity contribution in [2.24, 2.45) is 11.7 Å². The van der Waals surface area contributed by atoms with Crippen LogP contribution in [0.2, 0.25) is 5.02 Å². The summed E-state index contributed by atoms with van der Waals surface area (Å²) in [6.07, 6.45) is 6.30. The van der Waals surface area contributed by atoms with Crippen LogP contribution in [0.4, 0.5) is 11.6 Å². The molecule has 1 saturated carbocycles. The minimum atomic E-state index is 0.432. The summed E-state index contributed by atoms with van der Waals surface area (Å²) in [7, 11) is 0. The van der Waals surface area contributed by atoms with Gasteiger partial charge < -0.3 is 16.4 Å². The molecule has 0 aliphatic heterocycles. The molecule has 0 bridgehead atoms. The third kappa shape index (κ3) is 5.29. The SMILES string of the molecule is NC[C@H]1CC[C@H](Nc2cc(-c3cccc(NCc4ccccc4)n3)c(Cl)cn2)CC1. The fourth-order valence-electron chi connectivity index (χ4n) is 3.94. The highest BCUT2D eigenvalue weighted by Gasteiger charge is 2.20. The van der Waals surface area contributed by atoms with Crippen molar-refractivity contribution in [3.05, 3.63) is 71.4 Å². The maximum atomic E-state index is 6.47. The van der Waals surface area contributed by atoms with Gasteiger partial charge in [-0.15, -0.1) is 0 Å². The van der Waals surface area contributed by atoms with Gasteiger partial charge in [-0.1, -0.05) is 48.0 Å². The van der Waals surface area contributed by atoms with Crippen molar-refractivity contribution in [3.63, 3.8) is 0 Å². The number of nitrogens with zero attached hydrogens (tertiary/aromatic N) is 2. The van der Waals surface area contributed by atoms with Crippen molar-refractivity contribution in [2.45, 2.75) is 38.3 Å². The molecule has 2 aromatic heterocycles. The van der Waals surface area contributed by atoms with Gasteiger partial charge in [0.15, 0.2) is 0 Å². The molecule has 30 heavy (non-hydrogen) atoms. The molecule has 0 spiro atoms. The summed E-state index contributed by atoms with van der Waals surface area (Å²) < 4.78 is 0. The van der Waals surface area contributed by atoms with Crippen LogP contribution in [-0.4, -0.2) is 22.6 Å². The normalized spacial score (nSPS) is 18.7. The first-order valence-electron chi connectivity index (χ1n) is 10.6. The molecule has 1 aliphatic carbocycles. The van der Waals surface area contributed by atoms with Gasteiger partial charge in [0.1, 0.15) is 11.6 Å². The second-order valence-corrected chi connectivity index (χ2v) is 8.30. The van der Waals surface area contributed by atoms with Crippen LogP contribution in [-0.2, 0) is 6.54 Å². The summed E-state index contributed by atoms with van der Waals surface area (Å²) in [5, 5.41) is 7.55. The van der Waals surface area contributed by atoms with Crippen LogP contribution in [0.3, 0.4) is 0 Å². The van der Waals surface area contributed by atoms with Crippen LogP contribution >= 0.6 is 11.6 Å². The predicted octanol–water partition coefficient (Wildman–Crippen LogP) is 5.34. The Morgan fingerprint density at radius 2 is 1.77 bits per heavy atom. The minimum absolute atomic E-state index is 0.432. The van der Waals surface area contributed by atoms with Crippen molar-refractivity contribution < 1.29 is 0 Å². The van der Waals surface area contributed by atoms with Gasteiger partial charge in [-0.3, -0.25) is 0 Å². The average Bonchev–Trinajstić information content (AvgIpc) is 2.80. The highest BCUT2D eigenvalue weighted by Crippen LogP contribution is 2.31. The maximum Gasteiger partial charge on any atom is 0.126 e. The molecule has 1 aliphatic rings. The van der Waals surface area contributed by atoms with Crippen molar-refractivity contribution in [3.8, 4) is 11.3 Å². The Kier molecular flexibility index (Phi) is 6.82. The van der Waals surface area contributed by atoms with E-state index in [9.17, 15) is 0 Å². The van der Waals surface area contributed by atoms with Crippen LogP contribution in [0.1, 0.15) is 31.2 Å². The van der Waals surface area contributed by atoms with E-state index in [1.165, 1.54) is 18.4 Å². The number of benzene rings is 1. The zero-order valence-electron chi connectivity index (χ0n) is 17.0. The van der Waals surface area contributed by atoms with Gasteiger partial charge >= 0.3 is 0 Å². The molecule has 0 saturated heterocycles. The predicted molar refractivity (Wildman–Crippen MR) is 125 cm³/mol. The van der Waals surface area contributed by atoms with Crippen LogP contribution in [0.5, 0.6) is 0 Å². The third-order valence-corrected chi connectivity index (χ3v) is 6.03. The zero-order valence-corrected chi connectivity index (χ0v) is 17.8. The smallest absolute Gasteiger partial charge is 0.126 e. The number of halogens is 1. The highest BCUT2D eigenvalue weighted by atomic mass is 35.5. The fraction of sp³-hybridized carbons (Fsp3) is 0.333. The summed E-state index contributed by atoms with van der Waals surface area (Å²) >= 11 is 6.47. The lowest BCUT2D eigenvalue weighted by Gasteiger charge is -2.28. The number of nitrogens with one attached hydrogen (secondary N) is 2. The Morgan fingerprint density at radius 1 is 0.967 bits per heavy atom. The first-order chi connectivity index (χ1) is 14.7. The topological polar surface area (TPSA) is 75.9 Å². The van der Waals surface area contributed by atoms with Gasteiger partial charge in [-0.2, -0.15) is 0 Å². The summed E-state index contributed by atoms with van der Waals surface area (Å²) in [6, 6.07) is 18.6. The maximum absolute atomic E-state index is 6.47. The van der Waals surface area contributed by atoms with Crippen molar-refractivity contribution in [1.29, 1.82) is 0 Å². The monoisotopic (exact) mass is 421 g/mol. The molecule has 0 unspecified atom stereocenters. The van der Waals surface area contributed by atoms with Gasteiger partial charge in [-0.25, -0.2) is 9.97 Å². The van der Waals surface area contributed by atoms with E-state index in [2.05, 4.69) is 27.8 Å². The summed E-state index contributed by atoms with van der Waals surface area (Å²) in [5.41, 5.74) is 8.73. The Bertz CT molecular complexity index is 955. The van der Waals surface area contributed by atoms with E-state index in [1.54, 1.807) is 6.20 Å². The zero-order chi connectivity index (χ0) is 20.8. The number of anilines is 2. The molecule has 1 aromatic carbocycles. The average molecular weight is 422 g/mol. The molecule has 3 aromatic rings. The second kappa shape index (κ2) is 9.92. The Balaban J connectivity index is 1.46. The lowest BCUT2D eigenvalue weighted by atomic mass is 9.86. The first kappa shape index (κ1) is 20.6. The molecule has 6 heteroatoms. The van der Waals surface area contributed by atoms with E-state index in [0.717, 1.165) is 48.8 Å². The minimum Gasteiger partial charge on any atom is -0.367 e. The Labute approximate surface area is 183 Å². The third-order valence-electron chi connectivity index (χ3n) is 5.73. The molecule has 0 amide bonds. The van der Waals surface area contributed by atoms with E-state index < -0.39 is 0 Å². The summed E-state index contributed by atoms with van der Waals surface area (Å²) in [4.78, 5) is 9.25. The number of hydrogen-bond donors (Lipinski definition) is 3. The molecule has 156 valence electrons. The van der Waals surface area contributed by atoms with E-state index in [4.69, 9.17) is 22.3 Å². The van der Waals surface area contributed by atoms with Gasteiger partial charge in [-0.05, 0) is 61.9 Å². The summed E-state index contributed by atoms with van der Waals surface area (Å²) in [6.45, 7) is 1.51. The van der Waals surface area contributed by atoms with Crippen LogP contribution in [0.25, 0.3) is 11.3 Å². The Hall–Kier alpha value is -2.63. The fourth-order valence-corrected chi connectivity index (χ4v) is 4.14. The highest BCUT2D eigenvalue weighted by molar-refractivity contribution is 6.33. The van der Waals surface area contributed by atoms with Gasteiger partial charge in [0, 0.05) is 24.3 Å². The quantitative estimate of drug-likeness (QED) is 0.480. The lowest BCUT2D eigenvalue weighted by Crippen LogP contribution is -2.29. The molecule has 0 atom stereocenters. The van der Waals surface area contributed by atoms with E-state index >= 15 is 0 Å². The molecular formula is C24H28ClN5. The number of hydrogen-bond acceptors (Lipinski definition) is 5.